The Kier molecular flexibility index (Phi) is 4.94. The Bertz CT molecular complexity index is 650. The van der Waals surface area contributed by atoms with Gasteiger partial charge in [-0.05, 0) is 24.3 Å². The lowest BCUT2D eigenvalue weighted by Gasteiger charge is -1.97. The summed E-state index contributed by atoms with van der Waals surface area (Å²) in [6, 6.07) is 19.9. The Morgan fingerprint density at radius 3 is 2.21 bits per heavy atom. The molecule has 0 bridgehead atoms. The van der Waals surface area contributed by atoms with Gasteiger partial charge in [-0.15, -0.1) is 6.42 Å². The summed E-state index contributed by atoms with van der Waals surface area (Å²) < 4.78 is 0. The predicted molar refractivity (Wildman–Crippen MR) is 82.5 cm³/mol. The van der Waals surface area contributed by atoms with Gasteiger partial charge in [0.1, 0.15) is 0 Å². The Morgan fingerprint density at radius 2 is 1.58 bits per heavy atom. The minimum absolute atomic E-state index is 0.814. The number of rotatable bonds is 2. The van der Waals surface area contributed by atoms with Crippen molar-refractivity contribution in [3.8, 4) is 24.2 Å². The molecule has 0 fully saturated rings. The van der Waals surface area contributed by atoms with E-state index in [1.165, 1.54) is 0 Å². The zero-order chi connectivity index (χ0) is 13.3. The zero-order valence-corrected chi connectivity index (χ0v) is 11.2. The van der Waals surface area contributed by atoms with Crippen molar-refractivity contribution in [1.82, 2.24) is 0 Å². The number of hydrogen-bond donors (Lipinski definition) is 0. The average molecular weight is 260 g/mol. The van der Waals surface area contributed by atoms with E-state index in [0.29, 0.717) is 0 Å². The van der Waals surface area contributed by atoms with E-state index >= 15 is 0 Å². The maximum absolute atomic E-state index is 5.49. The first kappa shape index (κ1) is 13.1. The molecule has 0 aliphatic heterocycles. The Labute approximate surface area is 118 Å². The minimum atomic E-state index is 0.814. The topological polar surface area (TPSA) is 0 Å². The molecular formula is C18H12S. The second-order valence-electron chi connectivity index (χ2n) is 3.70. The van der Waals surface area contributed by atoms with Crippen molar-refractivity contribution in [2.75, 3.05) is 0 Å². The first-order valence-corrected chi connectivity index (χ1v) is 6.66. The maximum atomic E-state index is 5.49. The molecule has 0 nitrogen and oxygen atoms in total. The number of hydrogen-bond acceptors (Lipinski definition) is 1. The largest absolute Gasteiger partial charge is 0.114 e. The van der Waals surface area contributed by atoms with Gasteiger partial charge in [-0.2, -0.15) is 0 Å². The molecule has 0 atom stereocenters. The summed E-state index contributed by atoms with van der Waals surface area (Å²) in [5.74, 6) is 8.72. The maximum Gasteiger partial charge on any atom is 0.0702 e. The summed E-state index contributed by atoms with van der Waals surface area (Å²) in [7, 11) is 0. The fourth-order valence-corrected chi connectivity index (χ4v) is 2.15. The molecule has 19 heavy (non-hydrogen) atoms. The lowest BCUT2D eigenvalue weighted by molar-refractivity contribution is 1.47. The van der Waals surface area contributed by atoms with Gasteiger partial charge in [-0.3, -0.25) is 0 Å². The van der Waals surface area contributed by atoms with Gasteiger partial charge in [-0.25, -0.2) is 0 Å². The minimum Gasteiger partial charge on any atom is -0.114 e. The highest BCUT2D eigenvalue weighted by Gasteiger charge is 1.95. The summed E-state index contributed by atoms with van der Waals surface area (Å²) in [6.07, 6.45) is 7.28. The molecule has 0 heterocycles. The second-order valence-corrected chi connectivity index (χ2v) is 4.82. The smallest absolute Gasteiger partial charge is 0.0702 e. The lowest BCUT2D eigenvalue weighted by atomic mass is 10.2. The summed E-state index contributed by atoms with van der Waals surface area (Å²) in [6.45, 7) is 0. The van der Waals surface area contributed by atoms with Gasteiger partial charge in [0, 0.05) is 16.5 Å². The van der Waals surface area contributed by atoms with Crippen LogP contribution in [0.2, 0.25) is 0 Å². The molecule has 0 unspecified atom stereocenters. The molecule has 1 heteroatoms. The van der Waals surface area contributed by atoms with E-state index in [1.807, 2.05) is 60.7 Å². The van der Waals surface area contributed by atoms with Crippen molar-refractivity contribution >= 4 is 11.8 Å². The first-order valence-electron chi connectivity index (χ1n) is 5.85. The molecule has 0 aliphatic rings. The molecule has 0 radical (unpaired) electrons. The van der Waals surface area contributed by atoms with E-state index in [4.69, 9.17) is 6.42 Å². The fourth-order valence-electron chi connectivity index (χ4n) is 1.42. The highest BCUT2D eigenvalue weighted by molar-refractivity contribution is 8.03. The van der Waals surface area contributed by atoms with Gasteiger partial charge in [0.15, 0.2) is 0 Å². The molecule has 0 spiro atoms. The van der Waals surface area contributed by atoms with Crippen LogP contribution in [0.5, 0.6) is 0 Å². The quantitative estimate of drug-likeness (QED) is 0.571. The average Bonchev–Trinajstić information content (AvgIpc) is 2.48. The number of thioether (sulfide) groups is 1. The highest BCUT2D eigenvalue weighted by Crippen LogP contribution is 2.25. The van der Waals surface area contributed by atoms with Crippen LogP contribution in [0.4, 0.5) is 0 Å². The van der Waals surface area contributed by atoms with Crippen molar-refractivity contribution in [2.45, 2.75) is 4.90 Å². The molecule has 90 valence electrons. The van der Waals surface area contributed by atoms with Crippen molar-refractivity contribution in [3.05, 3.63) is 77.2 Å². The van der Waals surface area contributed by atoms with E-state index in [0.717, 1.165) is 15.4 Å². The number of allylic oxidation sites excluding steroid dienone is 2. The van der Waals surface area contributed by atoms with Crippen LogP contribution in [0, 0.1) is 24.2 Å². The van der Waals surface area contributed by atoms with Gasteiger partial charge in [0.25, 0.3) is 0 Å². The van der Waals surface area contributed by atoms with E-state index in [9.17, 15) is 0 Å². The van der Waals surface area contributed by atoms with Crippen LogP contribution in [0.3, 0.4) is 0 Å². The second kappa shape index (κ2) is 7.17. The molecule has 0 amide bonds. The third-order valence-corrected chi connectivity index (χ3v) is 3.27. The van der Waals surface area contributed by atoms with Crippen LogP contribution in [-0.4, -0.2) is 0 Å². The van der Waals surface area contributed by atoms with E-state index < -0.39 is 0 Å². The number of terminal acetylenes is 1. The molecule has 2 aromatic carbocycles. The molecule has 2 rings (SSSR count). The van der Waals surface area contributed by atoms with Crippen LogP contribution in [-0.2, 0) is 0 Å². The molecular weight excluding hydrogens is 248 g/mol. The molecule has 0 aromatic heterocycles. The number of benzene rings is 2. The molecule has 2 aromatic rings. The van der Waals surface area contributed by atoms with Crippen molar-refractivity contribution in [2.24, 2.45) is 0 Å². The SMILES string of the molecule is C#C/C(=C\C#Cc1ccccc1)Sc1ccccc1. The van der Waals surface area contributed by atoms with Gasteiger partial charge < -0.3 is 0 Å². The van der Waals surface area contributed by atoms with Crippen LogP contribution in [0.15, 0.2) is 76.5 Å². The van der Waals surface area contributed by atoms with Crippen LogP contribution in [0.1, 0.15) is 5.56 Å². The van der Waals surface area contributed by atoms with Gasteiger partial charge in [0.2, 0.25) is 0 Å². The van der Waals surface area contributed by atoms with Crippen LogP contribution < -0.4 is 0 Å². The summed E-state index contributed by atoms with van der Waals surface area (Å²) >= 11 is 1.55. The van der Waals surface area contributed by atoms with Crippen molar-refractivity contribution < 1.29 is 0 Å². The third-order valence-electron chi connectivity index (χ3n) is 2.31. The summed E-state index contributed by atoms with van der Waals surface area (Å²) in [4.78, 5) is 1.93. The van der Waals surface area contributed by atoms with Crippen molar-refractivity contribution in [3.63, 3.8) is 0 Å². The zero-order valence-electron chi connectivity index (χ0n) is 10.3. The lowest BCUT2D eigenvalue weighted by Crippen LogP contribution is -1.74. The van der Waals surface area contributed by atoms with Gasteiger partial charge in [-0.1, -0.05) is 65.9 Å². The fraction of sp³-hybridized carbons (Fsp3) is 0. The van der Waals surface area contributed by atoms with Crippen LogP contribution >= 0.6 is 11.8 Å². The van der Waals surface area contributed by atoms with Gasteiger partial charge >= 0.3 is 0 Å². The first-order chi connectivity index (χ1) is 9.38. The molecule has 0 N–H and O–H groups in total. The highest BCUT2D eigenvalue weighted by atomic mass is 32.2. The predicted octanol–water partition coefficient (Wildman–Crippen LogP) is 4.35. The molecule has 0 aliphatic carbocycles. The Balaban J connectivity index is 2.09. The Morgan fingerprint density at radius 1 is 0.947 bits per heavy atom. The molecule has 0 saturated carbocycles. The standard InChI is InChI=1S/C18H12S/c1-2-17(19-18-13-7-4-8-14-18)15-9-12-16-10-5-3-6-11-16/h1,3-8,10-11,13-15H/b17-15+. The van der Waals surface area contributed by atoms with E-state index in [2.05, 4.69) is 17.8 Å². The summed E-state index contributed by atoms with van der Waals surface area (Å²) in [5.41, 5.74) is 0.986. The van der Waals surface area contributed by atoms with E-state index in [1.54, 1.807) is 17.8 Å². The summed E-state index contributed by atoms with van der Waals surface area (Å²) in [5, 5.41) is 0. The van der Waals surface area contributed by atoms with Crippen LogP contribution in [0.25, 0.3) is 0 Å². The third kappa shape index (κ3) is 4.43. The van der Waals surface area contributed by atoms with Gasteiger partial charge in [0.05, 0.1) is 4.91 Å². The monoisotopic (exact) mass is 260 g/mol. The molecule has 0 saturated heterocycles. The normalized spacial score (nSPS) is 10.2. The Hall–Kier alpha value is -2.35. The van der Waals surface area contributed by atoms with Crippen molar-refractivity contribution in [1.29, 1.82) is 0 Å². The van der Waals surface area contributed by atoms with E-state index in [-0.39, 0.29) is 0 Å².